The van der Waals surface area contributed by atoms with Gasteiger partial charge in [-0.1, -0.05) is 118 Å². The van der Waals surface area contributed by atoms with E-state index in [0.717, 1.165) is 18.0 Å². The van der Waals surface area contributed by atoms with Gasteiger partial charge in [-0.2, -0.15) is 0 Å². The molecule has 2 unspecified atom stereocenters. The molecule has 26 heavy (non-hydrogen) atoms. The van der Waals surface area contributed by atoms with Crippen LogP contribution in [-0.2, 0) is 0 Å². The van der Waals surface area contributed by atoms with Gasteiger partial charge in [-0.05, 0) is 31.6 Å². The van der Waals surface area contributed by atoms with Crippen LogP contribution in [0.15, 0.2) is 0 Å². The molecule has 0 aromatic rings. The molecule has 0 saturated carbocycles. The molecule has 0 aliphatic rings. The van der Waals surface area contributed by atoms with E-state index in [1.165, 1.54) is 109 Å². The van der Waals surface area contributed by atoms with Crippen LogP contribution in [0.3, 0.4) is 0 Å². The van der Waals surface area contributed by atoms with Crippen molar-refractivity contribution >= 4 is 0 Å². The van der Waals surface area contributed by atoms with Gasteiger partial charge in [-0.15, -0.1) is 0 Å². The summed E-state index contributed by atoms with van der Waals surface area (Å²) in [4.78, 5) is 0. The number of rotatable bonds is 20. The van der Waals surface area contributed by atoms with Crippen LogP contribution in [0.2, 0.25) is 0 Å². The smallest absolute Gasteiger partial charge is 0.00696 e. The summed E-state index contributed by atoms with van der Waals surface area (Å²) in [5.41, 5.74) is 0. The van der Waals surface area contributed by atoms with Crippen molar-refractivity contribution in [3.05, 3.63) is 0 Å². The maximum absolute atomic E-state index is 4.05. The summed E-state index contributed by atoms with van der Waals surface area (Å²) in [6, 6.07) is 1.52. The predicted molar refractivity (Wildman–Crippen MR) is 121 cm³/mol. The average molecular weight is 368 g/mol. The molecule has 2 atom stereocenters. The molecule has 1 N–H and O–H groups in total. The zero-order valence-electron chi connectivity index (χ0n) is 19.3. The first-order valence-corrected chi connectivity index (χ1v) is 12.4. The Bertz CT molecular complexity index is 261. The van der Waals surface area contributed by atoms with E-state index in [1.807, 2.05) is 0 Å². The van der Waals surface area contributed by atoms with Crippen molar-refractivity contribution in [2.45, 2.75) is 156 Å². The van der Waals surface area contributed by atoms with Gasteiger partial charge in [-0.3, -0.25) is 0 Å². The van der Waals surface area contributed by atoms with Crippen molar-refractivity contribution in [1.29, 1.82) is 0 Å². The van der Waals surface area contributed by atoms with Crippen molar-refractivity contribution in [1.82, 2.24) is 5.32 Å². The van der Waals surface area contributed by atoms with Crippen LogP contribution in [0.25, 0.3) is 0 Å². The molecule has 0 aliphatic heterocycles. The molecule has 0 amide bonds. The molecular formula is C25H53N. The molecule has 1 heteroatoms. The van der Waals surface area contributed by atoms with Crippen molar-refractivity contribution in [2.24, 2.45) is 5.92 Å². The minimum absolute atomic E-state index is 0.753. The lowest BCUT2D eigenvalue weighted by molar-refractivity contribution is 0.343. The Morgan fingerprint density at radius 1 is 0.500 bits per heavy atom. The van der Waals surface area contributed by atoms with Crippen LogP contribution < -0.4 is 5.32 Å². The Morgan fingerprint density at radius 2 is 0.962 bits per heavy atom. The minimum atomic E-state index is 0.753. The zero-order valence-corrected chi connectivity index (χ0v) is 19.3. The molecule has 0 rings (SSSR count). The summed E-state index contributed by atoms with van der Waals surface area (Å²) in [5.74, 6) is 0.871. The van der Waals surface area contributed by atoms with Crippen LogP contribution in [-0.4, -0.2) is 12.1 Å². The third-order valence-electron chi connectivity index (χ3n) is 5.86. The van der Waals surface area contributed by atoms with Gasteiger partial charge >= 0.3 is 0 Å². The molecule has 158 valence electrons. The number of nitrogens with one attached hydrogen (secondary N) is 1. The lowest BCUT2D eigenvalue weighted by Gasteiger charge is -2.25. The maximum Gasteiger partial charge on any atom is 0.00696 e. The summed E-state index contributed by atoms with van der Waals surface area (Å²) in [6.07, 6.45) is 23.9. The predicted octanol–water partition coefficient (Wildman–Crippen LogP) is 8.66. The van der Waals surface area contributed by atoms with E-state index in [-0.39, 0.29) is 0 Å². The van der Waals surface area contributed by atoms with Crippen molar-refractivity contribution in [3.8, 4) is 0 Å². The average Bonchev–Trinajstić information content (AvgIpc) is 2.63. The Morgan fingerprint density at radius 3 is 1.54 bits per heavy atom. The van der Waals surface area contributed by atoms with Crippen LogP contribution in [0.4, 0.5) is 0 Å². The highest BCUT2D eigenvalue weighted by molar-refractivity contribution is 4.74. The van der Waals surface area contributed by atoms with Gasteiger partial charge in [0.2, 0.25) is 0 Å². The lowest BCUT2D eigenvalue weighted by atomic mass is 9.97. The second-order valence-electron chi connectivity index (χ2n) is 9.05. The van der Waals surface area contributed by atoms with Crippen LogP contribution >= 0.6 is 0 Å². The van der Waals surface area contributed by atoms with E-state index >= 15 is 0 Å². The fourth-order valence-corrected chi connectivity index (χ4v) is 3.97. The van der Waals surface area contributed by atoms with Crippen LogP contribution in [0.5, 0.6) is 0 Å². The van der Waals surface area contributed by atoms with E-state index in [1.54, 1.807) is 0 Å². The molecule has 0 saturated heterocycles. The van der Waals surface area contributed by atoms with E-state index in [2.05, 4.69) is 39.9 Å². The summed E-state index contributed by atoms with van der Waals surface area (Å²) in [7, 11) is 0. The highest BCUT2D eigenvalue weighted by atomic mass is 14.9. The van der Waals surface area contributed by atoms with Crippen molar-refractivity contribution in [2.75, 3.05) is 0 Å². The van der Waals surface area contributed by atoms with E-state index < -0.39 is 0 Å². The topological polar surface area (TPSA) is 12.0 Å². The molecule has 0 bridgehead atoms. The fourth-order valence-electron chi connectivity index (χ4n) is 3.97. The van der Waals surface area contributed by atoms with Gasteiger partial charge in [0.15, 0.2) is 0 Å². The molecule has 0 aliphatic carbocycles. The maximum atomic E-state index is 4.05. The number of hydrogen-bond acceptors (Lipinski definition) is 1. The van der Waals surface area contributed by atoms with Crippen LogP contribution in [0, 0.1) is 5.92 Å². The number of unbranched alkanes of at least 4 members (excludes halogenated alkanes) is 9. The second kappa shape index (κ2) is 19.7. The molecule has 1 nitrogen and oxygen atoms in total. The summed E-state index contributed by atoms with van der Waals surface area (Å²) < 4.78 is 0. The molecule has 0 heterocycles. The van der Waals surface area contributed by atoms with E-state index in [4.69, 9.17) is 0 Å². The highest BCUT2D eigenvalue weighted by Gasteiger charge is 2.13. The summed E-state index contributed by atoms with van der Waals surface area (Å²) in [5, 5.41) is 4.05. The van der Waals surface area contributed by atoms with Gasteiger partial charge in [-0.25, -0.2) is 0 Å². The Kier molecular flexibility index (Phi) is 19.7. The molecule has 0 fully saturated rings. The third-order valence-corrected chi connectivity index (χ3v) is 5.86. The van der Waals surface area contributed by atoms with Gasteiger partial charge in [0, 0.05) is 12.1 Å². The molecule has 0 radical (unpaired) electrons. The Labute approximate surface area is 167 Å². The van der Waals surface area contributed by atoms with E-state index in [9.17, 15) is 0 Å². The SMILES string of the molecule is CCCCCCCCCC(CC)NC(CCCC)CCCCCC(C)C. The quantitative estimate of drug-likeness (QED) is 0.212. The lowest BCUT2D eigenvalue weighted by Crippen LogP contribution is -2.38. The van der Waals surface area contributed by atoms with Gasteiger partial charge in [0.05, 0.1) is 0 Å². The molecule has 0 spiro atoms. The van der Waals surface area contributed by atoms with Gasteiger partial charge < -0.3 is 5.32 Å². The Hall–Kier alpha value is -0.0400. The van der Waals surface area contributed by atoms with Gasteiger partial charge in [0.25, 0.3) is 0 Å². The molecule has 0 aromatic carbocycles. The number of hydrogen-bond donors (Lipinski definition) is 1. The van der Waals surface area contributed by atoms with E-state index in [0.29, 0.717) is 0 Å². The standard InChI is InChI=1S/C25H53N/c1-6-9-11-12-13-14-17-21-24(8-3)26-25(20-10-7-2)22-18-15-16-19-23(4)5/h23-26H,6-22H2,1-5H3. The summed E-state index contributed by atoms with van der Waals surface area (Å²) >= 11 is 0. The minimum Gasteiger partial charge on any atom is -0.311 e. The highest BCUT2D eigenvalue weighted by Crippen LogP contribution is 2.16. The first-order valence-electron chi connectivity index (χ1n) is 12.4. The fraction of sp³-hybridized carbons (Fsp3) is 1.00. The van der Waals surface area contributed by atoms with Crippen molar-refractivity contribution < 1.29 is 0 Å². The first kappa shape index (κ1) is 26.0. The van der Waals surface area contributed by atoms with Gasteiger partial charge in [0.1, 0.15) is 0 Å². The first-order chi connectivity index (χ1) is 12.6. The second-order valence-corrected chi connectivity index (χ2v) is 9.05. The van der Waals surface area contributed by atoms with Crippen LogP contribution in [0.1, 0.15) is 144 Å². The normalized spacial score (nSPS) is 14.1. The largest absolute Gasteiger partial charge is 0.311 e. The molecular weight excluding hydrogens is 314 g/mol. The Balaban J connectivity index is 3.97. The summed E-state index contributed by atoms with van der Waals surface area (Å²) in [6.45, 7) is 11.7. The third kappa shape index (κ3) is 17.4. The monoisotopic (exact) mass is 367 g/mol. The van der Waals surface area contributed by atoms with Crippen molar-refractivity contribution in [3.63, 3.8) is 0 Å². The zero-order chi connectivity index (χ0) is 19.5. The molecule has 0 aromatic heterocycles.